The Labute approximate surface area is 334 Å². The van der Waals surface area contributed by atoms with E-state index >= 15 is 8.78 Å². The van der Waals surface area contributed by atoms with Gasteiger partial charge >= 0.3 is 16.2 Å². The van der Waals surface area contributed by atoms with Crippen LogP contribution in [0.5, 0.6) is 17.5 Å². The van der Waals surface area contributed by atoms with Gasteiger partial charge in [0.25, 0.3) is 0 Å². The van der Waals surface area contributed by atoms with Crippen LogP contribution in [-0.2, 0) is 6.42 Å². The van der Waals surface area contributed by atoms with E-state index in [0.29, 0.717) is 73.2 Å². The third-order valence-corrected chi connectivity index (χ3v) is 14.1. The van der Waals surface area contributed by atoms with Crippen molar-refractivity contribution in [3.05, 3.63) is 71.4 Å². The van der Waals surface area contributed by atoms with Crippen LogP contribution in [0, 0.1) is 24.0 Å². The molecule has 0 unspecified atom stereocenters. The Morgan fingerprint density at radius 3 is 2.61 bits per heavy atom. The molecule has 2 N–H and O–H groups in total. The molecule has 2 aromatic heterocycles. The second kappa shape index (κ2) is 12.7. The van der Waals surface area contributed by atoms with Crippen molar-refractivity contribution in [2.75, 3.05) is 31.2 Å². The molecular formula is C42H39F7N6O3S. The number of phenolic OH excluding ortho intramolecular Hbond substituents is 1. The molecule has 0 spiro atoms. The topological polar surface area (TPSA) is 95.9 Å². The SMILES string of the molecule is C#Cc1c(F)ccc2cc(O)cc(-c3nc4c5c(nc(OC[C@@]67CCCN6[C@H](COc6cccc(S(F)(F)(F)(F)F)c6)CC7)nc5c3F)N3C[C@@H]5CC[C@@H](N5)[C@H]3CC4)c12. The van der Waals surface area contributed by atoms with E-state index < -0.39 is 32.3 Å². The third kappa shape index (κ3) is 6.45. The predicted octanol–water partition coefficient (Wildman–Crippen LogP) is 9.18. The first kappa shape index (κ1) is 38.2. The number of nitrogens with zero attached hydrogens (tertiary/aromatic N) is 5. The first-order valence-electron chi connectivity index (χ1n) is 19.7. The molecule has 3 aromatic carbocycles. The molecule has 7 heterocycles. The van der Waals surface area contributed by atoms with Crippen LogP contribution in [0.4, 0.5) is 34.0 Å². The molecule has 5 aliphatic rings. The number of halogens is 7. The average Bonchev–Trinajstić information content (AvgIpc) is 3.86. The molecular weight excluding hydrogens is 802 g/mol. The summed E-state index contributed by atoms with van der Waals surface area (Å²) in [5, 5.41) is 15.6. The number of pyridine rings is 1. The number of piperazine rings is 1. The smallest absolute Gasteiger partial charge is 0.319 e. The van der Waals surface area contributed by atoms with Gasteiger partial charge in [0.15, 0.2) is 5.82 Å². The fourth-order valence-electron chi connectivity index (χ4n) is 10.3. The second-order valence-corrected chi connectivity index (χ2v) is 18.9. The van der Waals surface area contributed by atoms with Crippen molar-refractivity contribution < 1.29 is 42.8 Å². The number of benzene rings is 3. The minimum absolute atomic E-state index is 0.0202. The van der Waals surface area contributed by atoms with Gasteiger partial charge in [-0.2, -0.15) is 9.97 Å². The predicted molar refractivity (Wildman–Crippen MR) is 210 cm³/mol. The van der Waals surface area contributed by atoms with Gasteiger partial charge in [0.1, 0.15) is 52.5 Å². The number of terminal acetylenes is 1. The molecule has 5 aliphatic heterocycles. The summed E-state index contributed by atoms with van der Waals surface area (Å²) in [5.74, 6) is 0.946. The molecule has 10 rings (SSSR count). The van der Waals surface area contributed by atoms with Crippen LogP contribution in [0.1, 0.15) is 56.2 Å². The van der Waals surface area contributed by atoms with E-state index in [-0.39, 0.29) is 82.6 Å². The molecule has 0 radical (unpaired) electrons. The molecule has 0 saturated carbocycles. The molecule has 4 saturated heterocycles. The van der Waals surface area contributed by atoms with Crippen molar-refractivity contribution in [2.24, 2.45) is 0 Å². The van der Waals surface area contributed by atoms with Gasteiger partial charge in [-0.1, -0.05) is 37.5 Å². The van der Waals surface area contributed by atoms with Crippen LogP contribution in [-0.4, -0.2) is 81.0 Å². The summed E-state index contributed by atoms with van der Waals surface area (Å²) in [7, 11) is -9.89. The highest BCUT2D eigenvalue weighted by atomic mass is 32.5. The normalized spacial score (nSPS) is 26.2. The van der Waals surface area contributed by atoms with E-state index in [1.54, 1.807) is 0 Å². The zero-order valence-corrected chi connectivity index (χ0v) is 32.4. The van der Waals surface area contributed by atoms with Gasteiger partial charge in [0, 0.05) is 47.7 Å². The highest BCUT2D eigenvalue weighted by molar-refractivity contribution is 8.45. The summed E-state index contributed by atoms with van der Waals surface area (Å²) in [4.78, 5) is 17.0. The molecule has 17 heteroatoms. The standard InChI is InChI=1S/C42H39F7N6O3S/c1-2-29-31(43)9-7-23-17-26(56)18-30(35(23)29)38-37(44)39-36-33(51-38)11-12-34-32-10-8-24(50-32)20-54(34)40(36)53-41(52-39)58-22-42-14-4-16-55(42)25(13-15-42)21-57-27-5-3-6-28(19-27)59(45,46,47,48)49/h1,3,5-7,9,17-19,24-25,32,34,50,56H,4,8,10-16,20-22H2/t24-,25-,32+,34+,42-/m0/s1. The number of fused-ring (bicyclic) bond motifs is 7. The van der Waals surface area contributed by atoms with Crippen molar-refractivity contribution in [1.29, 1.82) is 0 Å². The summed E-state index contributed by atoms with van der Waals surface area (Å²) in [6.07, 6.45) is 11.7. The Hall–Kier alpha value is -5.05. The molecule has 0 amide bonds. The van der Waals surface area contributed by atoms with Crippen LogP contribution in [0.2, 0.25) is 0 Å². The number of nitrogens with one attached hydrogen (secondary N) is 1. The van der Waals surface area contributed by atoms with E-state index in [0.717, 1.165) is 31.7 Å². The van der Waals surface area contributed by atoms with Gasteiger partial charge in [-0.15, -0.1) is 6.42 Å². The lowest BCUT2D eigenvalue weighted by Crippen LogP contribution is -2.58. The Bertz CT molecular complexity index is 2630. The molecule has 9 nitrogen and oxygen atoms in total. The number of hydrogen-bond donors (Lipinski definition) is 2. The zero-order valence-electron chi connectivity index (χ0n) is 31.5. The molecule has 5 atom stereocenters. The number of aryl methyl sites for hydroxylation is 1. The van der Waals surface area contributed by atoms with Gasteiger partial charge in [0.05, 0.1) is 22.2 Å². The monoisotopic (exact) mass is 840 g/mol. The molecule has 0 aliphatic carbocycles. The van der Waals surface area contributed by atoms with Crippen LogP contribution in [0.25, 0.3) is 32.9 Å². The summed E-state index contributed by atoms with van der Waals surface area (Å²) < 4.78 is 112. The van der Waals surface area contributed by atoms with Gasteiger partial charge in [-0.3, -0.25) is 4.90 Å². The van der Waals surface area contributed by atoms with E-state index in [2.05, 4.69) is 21.0 Å². The first-order valence-corrected chi connectivity index (χ1v) is 21.7. The molecule has 310 valence electrons. The van der Waals surface area contributed by atoms with Crippen LogP contribution in [0.3, 0.4) is 0 Å². The lowest BCUT2D eigenvalue weighted by atomic mass is 9.95. The van der Waals surface area contributed by atoms with Gasteiger partial charge in [0.2, 0.25) is 0 Å². The van der Waals surface area contributed by atoms with Crippen LogP contribution >= 0.6 is 10.2 Å². The molecule has 59 heavy (non-hydrogen) atoms. The highest BCUT2D eigenvalue weighted by Gasteiger charge is 2.65. The number of rotatable bonds is 8. The molecule has 4 fully saturated rings. The lowest BCUT2D eigenvalue weighted by molar-refractivity contribution is 0.0686. The van der Waals surface area contributed by atoms with E-state index in [4.69, 9.17) is 30.8 Å². The van der Waals surface area contributed by atoms with Crippen molar-refractivity contribution in [2.45, 2.75) is 86.0 Å². The number of hydrogen-bond acceptors (Lipinski definition) is 9. The van der Waals surface area contributed by atoms with Crippen LogP contribution < -0.4 is 19.7 Å². The Morgan fingerprint density at radius 2 is 1.80 bits per heavy atom. The van der Waals surface area contributed by atoms with Crippen LogP contribution in [0.15, 0.2) is 53.4 Å². The third-order valence-electron chi connectivity index (χ3n) is 13.0. The first-order chi connectivity index (χ1) is 28.0. The summed E-state index contributed by atoms with van der Waals surface area (Å²) in [6, 6.07) is 8.41. The van der Waals surface area contributed by atoms with Gasteiger partial charge < -0.3 is 24.8 Å². The minimum atomic E-state index is -9.89. The van der Waals surface area contributed by atoms with Crippen molar-refractivity contribution in [3.8, 4) is 41.1 Å². The number of aromatic hydroxyl groups is 1. The maximum Gasteiger partial charge on any atom is 0.319 e. The molecule has 2 bridgehead atoms. The average molecular weight is 841 g/mol. The van der Waals surface area contributed by atoms with Crippen molar-refractivity contribution in [3.63, 3.8) is 0 Å². The van der Waals surface area contributed by atoms with Gasteiger partial charge in [-0.05, 0) is 93.6 Å². The number of phenols is 1. The molecule has 5 aromatic rings. The number of ether oxygens (including phenoxy) is 2. The van der Waals surface area contributed by atoms with Crippen molar-refractivity contribution >= 4 is 37.7 Å². The Kier molecular flexibility index (Phi) is 8.24. The lowest BCUT2D eigenvalue weighted by Gasteiger charge is -2.41. The summed E-state index contributed by atoms with van der Waals surface area (Å²) in [6.45, 7) is 1.40. The Balaban J connectivity index is 1.01. The fourth-order valence-corrected chi connectivity index (χ4v) is 11.0. The van der Waals surface area contributed by atoms with E-state index in [1.165, 1.54) is 30.3 Å². The Morgan fingerprint density at radius 1 is 0.949 bits per heavy atom. The maximum absolute atomic E-state index is 17.3. The summed E-state index contributed by atoms with van der Waals surface area (Å²) >= 11 is 0. The minimum Gasteiger partial charge on any atom is -0.508 e. The largest absolute Gasteiger partial charge is 0.508 e. The quantitative estimate of drug-likeness (QED) is 0.117. The van der Waals surface area contributed by atoms with E-state index in [9.17, 15) is 24.5 Å². The van der Waals surface area contributed by atoms with E-state index in [1.807, 2.05) is 0 Å². The number of aromatic nitrogens is 3. The summed E-state index contributed by atoms with van der Waals surface area (Å²) in [5.41, 5.74) is -0.0897. The number of anilines is 1. The highest BCUT2D eigenvalue weighted by Crippen LogP contribution is 3.02. The van der Waals surface area contributed by atoms with Gasteiger partial charge in [-0.25, -0.2) is 13.8 Å². The fraction of sp³-hybridized carbons (Fsp3) is 0.405. The second-order valence-electron chi connectivity index (χ2n) is 16.5. The maximum atomic E-state index is 17.3. The van der Waals surface area contributed by atoms with Crippen molar-refractivity contribution in [1.82, 2.24) is 25.2 Å². The zero-order chi connectivity index (χ0) is 41.1.